The van der Waals surface area contributed by atoms with E-state index >= 15 is 0 Å². The molecular formula is C30H28FN5O3. The summed E-state index contributed by atoms with van der Waals surface area (Å²) in [6.07, 6.45) is 3.11. The van der Waals surface area contributed by atoms with Crippen molar-refractivity contribution < 1.29 is 18.8 Å². The summed E-state index contributed by atoms with van der Waals surface area (Å²) in [5.41, 5.74) is 3.50. The van der Waals surface area contributed by atoms with E-state index in [0.717, 1.165) is 24.1 Å². The summed E-state index contributed by atoms with van der Waals surface area (Å²) in [7, 11) is 0. The van der Waals surface area contributed by atoms with Crippen molar-refractivity contribution in [2.24, 2.45) is 0 Å². The first-order valence-corrected chi connectivity index (χ1v) is 12.8. The highest BCUT2D eigenvalue weighted by atomic mass is 19.1. The molecule has 198 valence electrons. The van der Waals surface area contributed by atoms with Gasteiger partial charge in [-0.1, -0.05) is 30.3 Å². The summed E-state index contributed by atoms with van der Waals surface area (Å²) in [6, 6.07) is 24.3. The highest BCUT2D eigenvalue weighted by molar-refractivity contribution is 6.08. The second kappa shape index (κ2) is 11.7. The van der Waals surface area contributed by atoms with Crippen LogP contribution in [0.5, 0.6) is 0 Å². The smallest absolute Gasteiger partial charge is 0.274 e. The number of nitrogens with zero attached hydrogens (tertiary/aromatic N) is 3. The Balaban J connectivity index is 1.09. The van der Waals surface area contributed by atoms with Gasteiger partial charge in [-0.15, -0.1) is 0 Å². The number of carbonyl (C=O) groups is 3. The van der Waals surface area contributed by atoms with Gasteiger partial charge in [0.05, 0.1) is 5.69 Å². The number of likely N-dealkylation sites (tertiary alicyclic amines) is 1. The van der Waals surface area contributed by atoms with Gasteiger partial charge in [0.15, 0.2) is 5.69 Å². The van der Waals surface area contributed by atoms with E-state index < -0.39 is 17.6 Å². The molecule has 0 spiro atoms. The summed E-state index contributed by atoms with van der Waals surface area (Å²) in [5, 5.41) is 9.76. The van der Waals surface area contributed by atoms with Crippen LogP contribution in [0.2, 0.25) is 0 Å². The van der Waals surface area contributed by atoms with E-state index in [0.29, 0.717) is 36.1 Å². The van der Waals surface area contributed by atoms with E-state index in [1.54, 1.807) is 16.9 Å². The monoisotopic (exact) mass is 525 g/mol. The molecule has 8 nitrogen and oxygen atoms in total. The number of rotatable bonds is 7. The van der Waals surface area contributed by atoms with Gasteiger partial charge < -0.3 is 15.5 Å². The fourth-order valence-corrected chi connectivity index (χ4v) is 4.67. The third-order valence-electron chi connectivity index (χ3n) is 6.73. The Morgan fingerprint density at radius 2 is 1.38 bits per heavy atom. The lowest BCUT2D eigenvalue weighted by Gasteiger charge is -2.32. The summed E-state index contributed by atoms with van der Waals surface area (Å²) < 4.78 is 14.7. The quantitative estimate of drug-likeness (QED) is 0.332. The predicted octanol–water partition coefficient (Wildman–Crippen LogP) is 5.00. The van der Waals surface area contributed by atoms with Gasteiger partial charge in [0.1, 0.15) is 12.2 Å². The van der Waals surface area contributed by atoms with E-state index in [4.69, 9.17) is 0 Å². The maximum absolute atomic E-state index is 13.0. The SMILES string of the molecule is O=C(CC(=O)Nc1ccc(C2CCN(C(=O)c3ccn(-c4ccccc4)n3)CC2)cc1)Nc1ccc(F)cc1. The van der Waals surface area contributed by atoms with Crippen molar-refractivity contribution in [3.8, 4) is 5.69 Å². The number of hydrogen-bond acceptors (Lipinski definition) is 4. The summed E-state index contributed by atoms with van der Waals surface area (Å²) >= 11 is 0. The molecule has 3 amide bonds. The molecule has 0 unspecified atom stereocenters. The molecule has 1 aromatic heterocycles. The van der Waals surface area contributed by atoms with Gasteiger partial charge in [-0.2, -0.15) is 5.10 Å². The van der Waals surface area contributed by atoms with Crippen LogP contribution in [0, 0.1) is 5.82 Å². The van der Waals surface area contributed by atoms with Crippen molar-refractivity contribution in [2.75, 3.05) is 23.7 Å². The van der Waals surface area contributed by atoms with Crippen molar-refractivity contribution in [3.05, 3.63) is 108 Å². The number of aromatic nitrogens is 2. The molecule has 39 heavy (non-hydrogen) atoms. The van der Waals surface area contributed by atoms with E-state index in [2.05, 4.69) is 15.7 Å². The largest absolute Gasteiger partial charge is 0.337 e. The number of piperidine rings is 1. The van der Waals surface area contributed by atoms with E-state index in [-0.39, 0.29) is 12.3 Å². The molecule has 0 atom stereocenters. The molecule has 4 aromatic rings. The highest BCUT2D eigenvalue weighted by Crippen LogP contribution is 2.29. The molecular weight excluding hydrogens is 497 g/mol. The number of hydrogen-bond donors (Lipinski definition) is 2. The Morgan fingerprint density at radius 1 is 0.795 bits per heavy atom. The third kappa shape index (κ3) is 6.56. The fourth-order valence-electron chi connectivity index (χ4n) is 4.67. The standard InChI is InChI=1S/C30H28FN5O3/c31-23-8-12-25(13-9-23)33-29(38)20-28(37)32-24-10-6-21(7-11-24)22-14-17-35(18-15-22)30(39)27-16-19-36(34-27)26-4-2-1-3-5-26/h1-13,16,19,22H,14-15,17-18,20H2,(H,32,37)(H,33,38). The average Bonchev–Trinajstić information content (AvgIpc) is 3.45. The van der Waals surface area contributed by atoms with Gasteiger partial charge >= 0.3 is 0 Å². The van der Waals surface area contributed by atoms with Gasteiger partial charge in [0, 0.05) is 30.7 Å². The van der Waals surface area contributed by atoms with E-state index in [1.165, 1.54) is 24.3 Å². The zero-order valence-corrected chi connectivity index (χ0v) is 21.2. The van der Waals surface area contributed by atoms with Crippen LogP contribution in [0.4, 0.5) is 15.8 Å². The van der Waals surface area contributed by atoms with Crippen molar-refractivity contribution in [1.82, 2.24) is 14.7 Å². The molecule has 0 bridgehead atoms. The molecule has 1 aliphatic rings. The third-order valence-corrected chi connectivity index (χ3v) is 6.73. The van der Waals surface area contributed by atoms with Crippen molar-refractivity contribution >= 4 is 29.1 Å². The predicted molar refractivity (Wildman–Crippen MR) is 146 cm³/mol. The second-order valence-electron chi connectivity index (χ2n) is 9.45. The number of nitrogens with one attached hydrogen (secondary N) is 2. The fraction of sp³-hybridized carbons (Fsp3) is 0.200. The minimum atomic E-state index is -0.483. The molecule has 0 radical (unpaired) electrons. The Bertz CT molecular complexity index is 1440. The van der Waals surface area contributed by atoms with Gasteiger partial charge in [-0.3, -0.25) is 14.4 Å². The highest BCUT2D eigenvalue weighted by Gasteiger charge is 2.26. The van der Waals surface area contributed by atoms with Gasteiger partial charge in [0.2, 0.25) is 11.8 Å². The number of amides is 3. The molecule has 0 aliphatic carbocycles. The first-order chi connectivity index (χ1) is 18.9. The summed E-state index contributed by atoms with van der Waals surface area (Å²) in [6.45, 7) is 1.28. The lowest BCUT2D eigenvalue weighted by molar-refractivity contribution is -0.123. The van der Waals surface area contributed by atoms with Crippen LogP contribution >= 0.6 is 0 Å². The normalized spacial score (nSPS) is 13.6. The number of carbonyl (C=O) groups excluding carboxylic acids is 3. The van der Waals surface area contributed by atoms with Crippen molar-refractivity contribution in [2.45, 2.75) is 25.2 Å². The van der Waals surface area contributed by atoms with Crippen LogP contribution in [0.1, 0.15) is 41.2 Å². The zero-order chi connectivity index (χ0) is 27.2. The first-order valence-electron chi connectivity index (χ1n) is 12.8. The molecule has 1 aliphatic heterocycles. The lowest BCUT2D eigenvalue weighted by atomic mass is 9.89. The van der Waals surface area contributed by atoms with Gasteiger partial charge in [0.25, 0.3) is 5.91 Å². The van der Waals surface area contributed by atoms with Crippen LogP contribution in [-0.2, 0) is 9.59 Å². The molecule has 2 heterocycles. The Kier molecular flexibility index (Phi) is 7.77. The van der Waals surface area contributed by atoms with Crippen LogP contribution in [0.15, 0.2) is 91.1 Å². The molecule has 9 heteroatoms. The van der Waals surface area contributed by atoms with Crippen molar-refractivity contribution in [3.63, 3.8) is 0 Å². The second-order valence-corrected chi connectivity index (χ2v) is 9.45. The average molecular weight is 526 g/mol. The number of para-hydroxylation sites is 1. The molecule has 5 rings (SSSR count). The Morgan fingerprint density at radius 3 is 2.00 bits per heavy atom. The first kappa shape index (κ1) is 25.8. The molecule has 1 saturated heterocycles. The van der Waals surface area contributed by atoms with Crippen LogP contribution in [0.25, 0.3) is 5.69 Å². The topological polar surface area (TPSA) is 96.3 Å². The maximum Gasteiger partial charge on any atom is 0.274 e. The molecule has 0 saturated carbocycles. The van der Waals surface area contributed by atoms with Gasteiger partial charge in [-0.25, -0.2) is 9.07 Å². The lowest BCUT2D eigenvalue weighted by Crippen LogP contribution is -2.38. The molecule has 2 N–H and O–H groups in total. The Labute approximate surface area is 225 Å². The minimum absolute atomic E-state index is 0.0651. The van der Waals surface area contributed by atoms with Crippen molar-refractivity contribution in [1.29, 1.82) is 0 Å². The summed E-state index contributed by atoms with van der Waals surface area (Å²) in [5.74, 6) is -1.08. The van der Waals surface area contributed by atoms with E-state index in [1.807, 2.05) is 59.5 Å². The number of halogens is 1. The van der Waals surface area contributed by atoms with Gasteiger partial charge in [-0.05, 0) is 78.9 Å². The van der Waals surface area contributed by atoms with Crippen LogP contribution in [-0.4, -0.2) is 45.5 Å². The molecule has 1 fully saturated rings. The number of anilines is 2. The maximum atomic E-state index is 13.0. The van der Waals surface area contributed by atoms with Crippen LogP contribution < -0.4 is 10.6 Å². The number of benzene rings is 3. The zero-order valence-electron chi connectivity index (χ0n) is 21.2. The minimum Gasteiger partial charge on any atom is -0.337 e. The van der Waals surface area contributed by atoms with E-state index in [9.17, 15) is 18.8 Å². The summed E-state index contributed by atoms with van der Waals surface area (Å²) in [4.78, 5) is 39.2. The Hall–Kier alpha value is -4.79. The van der Waals surface area contributed by atoms with Crippen LogP contribution in [0.3, 0.4) is 0 Å². The molecule has 3 aromatic carbocycles.